The van der Waals surface area contributed by atoms with E-state index in [1.807, 2.05) is 18.2 Å². The maximum Gasteiger partial charge on any atom is 0.321 e. The third-order valence-corrected chi connectivity index (χ3v) is 5.43. The molecule has 19 heavy (non-hydrogen) atoms. The summed E-state index contributed by atoms with van der Waals surface area (Å²) in [6.07, 6.45) is 3.43. The fraction of sp³-hybridized carbons (Fsp3) is 0.500. The van der Waals surface area contributed by atoms with Gasteiger partial charge in [0.2, 0.25) is 0 Å². The Bertz CT molecular complexity index is 518. The molecule has 3 aliphatic carbocycles. The minimum absolute atomic E-state index is 0.168. The highest BCUT2D eigenvalue weighted by Gasteiger charge is 2.70. The summed E-state index contributed by atoms with van der Waals surface area (Å²) in [5, 5.41) is 10.4. The van der Waals surface area contributed by atoms with E-state index in [1.165, 1.54) is 0 Å². The van der Waals surface area contributed by atoms with Crippen LogP contribution in [0.15, 0.2) is 18.2 Å². The van der Waals surface area contributed by atoms with Crippen LogP contribution in [0, 0.1) is 10.8 Å². The Morgan fingerprint density at radius 2 is 1.84 bits per heavy atom. The second kappa shape index (κ2) is 4.11. The van der Waals surface area contributed by atoms with Gasteiger partial charge < -0.3 is 10.8 Å². The van der Waals surface area contributed by atoms with Crippen molar-refractivity contribution in [2.24, 2.45) is 16.6 Å². The third kappa shape index (κ3) is 1.87. The van der Waals surface area contributed by atoms with Gasteiger partial charge in [-0.05, 0) is 54.2 Å². The number of hydrogen-bond donors (Lipinski definition) is 2. The van der Waals surface area contributed by atoms with Gasteiger partial charge in [-0.3, -0.25) is 4.79 Å². The van der Waals surface area contributed by atoms with Crippen LogP contribution in [0.3, 0.4) is 0 Å². The van der Waals surface area contributed by atoms with Gasteiger partial charge in [0.05, 0.1) is 0 Å². The number of carbonyl (C=O) groups is 1. The summed E-state index contributed by atoms with van der Waals surface area (Å²) in [4.78, 5) is 11.0. The summed E-state index contributed by atoms with van der Waals surface area (Å²) in [6, 6.07) is 4.77. The number of aliphatic carboxylic acids is 1. The maximum absolute atomic E-state index is 11.0. The summed E-state index contributed by atoms with van der Waals surface area (Å²) in [5.74, 6) is -0.899. The van der Waals surface area contributed by atoms with Crippen LogP contribution < -0.4 is 5.73 Å². The molecule has 3 saturated carbocycles. The Morgan fingerprint density at radius 1 is 1.32 bits per heavy atom. The fourth-order valence-electron chi connectivity index (χ4n) is 3.94. The molecule has 3 nitrogen and oxygen atoms in total. The summed E-state index contributed by atoms with van der Waals surface area (Å²) in [5.41, 5.74) is 6.72. The van der Waals surface area contributed by atoms with Gasteiger partial charge in [-0.25, -0.2) is 0 Å². The molecule has 0 aliphatic heterocycles. The highest BCUT2D eigenvalue weighted by Crippen LogP contribution is 2.75. The molecule has 0 spiro atoms. The quantitative estimate of drug-likeness (QED) is 0.898. The third-order valence-electron chi connectivity index (χ3n) is 4.72. The molecule has 0 aromatic heterocycles. The Hall–Kier alpha value is -0.770. The number of carboxylic acid groups (broad SMARTS) is 1. The van der Waals surface area contributed by atoms with Gasteiger partial charge in [-0.2, -0.15) is 0 Å². The van der Waals surface area contributed by atoms with E-state index in [9.17, 15) is 4.79 Å². The monoisotopic (exact) mass is 299 g/mol. The van der Waals surface area contributed by atoms with Crippen molar-refractivity contribution < 1.29 is 9.90 Å². The smallest absolute Gasteiger partial charge is 0.321 e. The molecular formula is C14H15Cl2NO2. The van der Waals surface area contributed by atoms with Gasteiger partial charge in [-0.1, -0.05) is 29.3 Å². The van der Waals surface area contributed by atoms with E-state index in [2.05, 4.69) is 0 Å². The molecule has 3 fully saturated rings. The lowest BCUT2D eigenvalue weighted by Crippen LogP contribution is -2.71. The second-order valence-electron chi connectivity index (χ2n) is 6.09. The molecule has 102 valence electrons. The molecular weight excluding hydrogens is 285 g/mol. The summed E-state index contributed by atoms with van der Waals surface area (Å²) < 4.78 is 0. The van der Waals surface area contributed by atoms with Crippen LogP contribution >= 0.6 is 23.2 Å². The van der Waals surface area contributed by atoms with Gasteiger partial charge in [-0.15, -0.1) is 0 Å². The number of rotatable bonds is 4. The van der Waals surface area contributed by atoms with Crippen LogP contribution in [-0.2, 0) is 11.2 Å². The number of halogens is 2. The van der Waals surface area contributed by atoms with Crippen molar-refractivity contribution >= 4 is 29.2 Å². The first kappa shape index (κ1) is 13.2. The average Bonchev–Trinajstić information content (AvgIpc) is 2.23. The molecule has 1 unspecified atom stereocenters. The van der Waals surface area contributed by atoms with Crippen molar-refractivity contribution in [1.82, 2.24) is 0 Å². The molecule has 3 N–H and O–H groups in total. The standard InChI is InChI=1S/C14H15Cl2NO2/c15-9-2-1-3-10(16)8(9)4-13-5-14(6-13,7-13)11(17)12(18)19/h1-3,11H,4-7,17H2,(H,18,19). The SMILES string of the molecule is NC(C(=O)O)C12CC(Cc3c(Cl)cccc3Cl)(C1)C2. The molecule has 0 saturated heterocycles. The Balaban J connectivity index is 1.72. The molecule has 0 radical (unpaired) electrons. The van der Waals surface area contributed by atoms with Gasteiger partial charge in [0.1, 0.15) is 6.04 Å². The maximum atomic E-state index is 11.0. The van der Waals surface area contributed by atoms with Gasteiger partial charge in [0, 0.05) is 10.0 Å². The Labute approximate surface area is 121 Å². The molecule has 1 atom stereocenters. The minimum atomic E-state index is -0.899. The highest BCUT2D eigenvalue weighted by molar-refractivity contribution is 6.36. The van der Waals surface area contributed by atoms with Crippen LogP contribution in [0.1, 0.15) is 24.8 Å². The van der Waals surface area contributed by atoms with Crippen LogP contribution in [0.4, 0.5) is 0 Å². The normalized spacial score (nSPS) is 33.2. The van der Waals surface area contributed by atoms with Crippen molar-refractivity contribution in [2.45, 2.75) is 31.7 Å². The van der Waals surface area contributed by atoms with Crippen molar-refractivity contribution in [3.63, 3.8) is 0 Å². The van der Waals surface area contributed by atoms with Gasteiger partial charge in [0.25, 0.3) is 0 Å². The first-order chi connectivity index (χ1) is 8.88. The summed E-state index contributed by atoms with van der Waals surface area (Å²) >= 11 is 12.4. The predicted molar refractivity (Wildman–Crippen MR) is 74.5 cm³/mol. The summed E-state index contributed by atoms with van der Waals surface area (Å²) in [7, 11) is 0. The summed E-state index contributed by atoms with van der Waals surface area (Å²) in [6.45, 7) is 0. The van der Waals surface area contributed by atoms with Crippen molar-refractivity contribution in [1.29, 1.82) is 0 Å². The van der Waals surface area contributed by atoms with E-state index in [-0.39, 0.29) is 10.8 Å². The van der Waals surface area contributed by atoms with Crippen LogP contribution in [0.5, 0.6) is 0 Å². The fourth-order valence-corrected chi connectivity index (χ4v) is 4.47. The first-order valence-electron chi connectivity index (χ1n) is 6.29. The zero-order valence-electron chi connectivity index (χ0n) is 10.3. The number of benzene rings is 1. The minimum Gasteiger partial charge on any atom is -0.480 e. The molecule has 3 aliphatic rings. The van der Waals surface area contributed by atoms with Gasteiger partial charge >= 0.3 is 5.97 Å². The van der Waals surface area contributed by atoms with E-state index in [0.717, 1.165) is 31.2 Å². The molecule has 4 rings (SSSR count). The van der Waals surface area contributed by atoms with E-state index in [4.69, 9.17) is 34.0 Å². The lowest BCUT2D eigenvalue weighted by molar-refractivity contribution is -0.219. The largest absolute Gasteiger partial charge is 0.480 e. The highest BCUT2D eigenvalue weighted by atomic mass is 35.5. The predicted octanol–water partition coefficient (Wildman–Crippen LogP) is 3.12. The number of carboxylic acids is 1. The molecule has 1 aromatic rings. The van der Waals surface area contributed by atoms with E-state index < -0.39 is 12.0 Å². The molecule has 5 heteroatoms. The second-order valence-corrected chi connectivity index (χ2v) is 6.90. The zero-order valence-corrected chi connectivity index (χ0v) is 11.8. The molecule has 2 bridgehead atoms. The number of nitrogens with two attached hydrogens (primary N) is 1. The average molecular weight is 300 g/mol. The molecule has 0 heterocycles. The van der Waals surface area contributed by atoms with Crippen molar-refractivity contribution in [3.8, 4) is 0 Å². The van der Waals surface area contributed by atoms with Crippen molar-refractivity contribution in [3.05, 3.63) is 33.8 Å². The van der Waals surface area contributed by atoms with Crippen LogP contribution in [-0.4, -0.2) is 17.1 Å². The Morgan fingerprint density at radius 3 is 2.32 bits per heavy atom. The van der Waals surface area contributed by atoms with Crippen LogP contribution in [0.25, 0.3) is 0 Å². The lowest BCUT2D eigenvalue weighted by atomic mass is 9.32. The van der Waals surface area contributed by atoms with Gasteiger partial charge in [0.15, 0.2) is 0 Å². The lowest BCUT2D eigenvalue weighted by Gasteiger charge is -2.72. The Kier molecular flexibility index (Phi) is 2.86. The zero-order chi connectivity index (χ0) is 13.8. The molecule has 1 aromatic carbocycles. The van der Waals surface area contributed by atoms with E-state index in [0.29, 0.717) is 10.0 Å². The van der Waals surface area contributed by atoms with E-state index >= 15 is 0 Å². The topological polar surface area (TPSA) is 63.3 Å². The van der Waals surface area contributed by atoms with Crippen molar-refractivity contribution in [2.75, 3.05) is 0 Å². The molecule has 0 amide bonds. The van der Waals surface area contributed by atoms with E-state index in [1.54, 1.807) is 0 Å². The first-order valence-corrected chi connectivity index (χ1v) is 7.04. The number of hydrogen-bond acceptors (Lipinski definition) is 2. The van der Waals surface area contributed by atoms with Crippen LogP contribution in [0.2, 0.25) is 10.0 Å².